The number of esters is 1. The highest BCUT2D eigenvalue weighted by molar-refractivity contribution is 6.33. The number of fused-ring (bicyclic) bond motifs is 1. The molecule has 3 rings (SSSR count). The summed E-state index contributed by atoms with van der Waals surface area (Å²) in [6, 6.07) is 11.7. The fourth-order valence-electron chi connectivity index (χ4n) is 2.33. The second-order valence-corrected chi connectivity index (χ2v) is 6.02. The number of anilines is 1. The fraction of sp³-hybridized carbons (Fsp3) is 0.222. The quantitative estimate of drug-likeness (QED) is 0.612. The number of amides is 1. The zero-order valence-corrected chi connectivity index (χ0v) is 14.5. The number of benzene rings is 2. The van der Waals surface area contributed by atoms with E-state index in [0.717, 1.165) is 0 Å². The van der Waals surface area contributed by atoms with Crippen LogP contribution in [0.1, 0.15) is 10.4 Å². The van der Waals surface area contributed by atoms with Gasteiger partial charge in [-0.05, 0) is 30.3 Å². The highest BCUT2D eigenvalue weighted by atomic mass is 35.5. The topological polar surface area (TPSA) is 99.9 Å². The maximum Gasteiger partial charge on any atom is 0.338 e. The molecule has 1 aliphatic heterocycles. The van der Waals surface area contributed by atoms with Crippen LogP contribution in [0.5, 0.6) is 11.5 Å². The van der Waals surface area contributed by atoms with Crippen LogP contribution >= 0.6 is 11.6 Å². The number of nitrogen functional groups attached to an aromatic ring is 1. The Morgan fingerprint density at radius 2 is 2.00 bits per heavy atom. The molecule has 0 bridgehead atoms. The molecule has 3 N–H and O–H groups in total. The summed E-state index contributed by atoms with van der Waals surface area (Å²) < 4.78 is 16.2. The van der Waals surface area contributed by atoms with Crippen molar-refractivity contribution in [2.45, 2.75) is 6.10 Å². The molecule has 2 aromatic carbocycles. The molecule has 0 fully saturated rings. The molecule has 8 heteroatoms. The van der Waals surface area contributed by atoms with Gasteiger partial charge in [-0.15, -0.1) is 0 Å². The molecule has 0 radical (unpaired) electrons. The maximum atomic E-state index is 11.9. The van der Waals surface area contributed by atoms with Crippen molar-refractivity contribution in [1.29, 1.82) is 0 Å². The summed E-state index contributed by atoms with van der Waals surface area (Å²) in [6.45, 7) is 0.144. The highest BCUT2D eigenvalue weighted by Crippen LogP contribution is 2.30. The summed E-state index contributed by atoms with van der Waals surface area (Å²) in [5.74, 6) is 0.202. The molecule has 2 aromatic rings. The molecule has 7 nitrogen and oxygen atoms in total. The Labute approximate surface area is 155 Å². The van der Waals surface area contributed by atoms with Crippen LogP contribution in [0.2, 0.25) is 5.02 Å². The van der Waals surface area contributed by atoms with Crippen molar-refractivity contribution in [2.24, 2.45) is 0 Å². The van der Waals surface area contributed by atoms with Gasteiger partial charge in [0.2, 0.25) is 0 Å². The molecule has 0 aromatic heterocycles. The molecule has 0 aliphatic carbocycles. The first-order chi connectivity index (χ1) is 12.5. The van der Waals surface area contributed by atoms with Crippen LogP contribution in [0.3, 0.4) is 0 Å². The van der Waals surface area contributed by atoms with Crippen molar-refractivity contribution in [3.63, 3.8) is 0 Å². The van der Waals surface area contributed by atoms with Crippen molar-refractivity contribution >= 4 is 29.2 Å². The van der Waals surface area contributed by atoms with Crippen LogP contribution in [0.15, 0.2) is 42.5 Å². The lowest BCUT2D eigenvalue weighted by atomic mass is 10.2. The number of hydrogen-bond acceptors (Lipinski definition) is 6. The Morgan fingerprint density at radius 1 is 1.23 bits per heavy atom. The van der Waals surface area contributed by atoms with Gasteiger partial charge in [-0.3, -0.25) is 4.79 Å². The fourth-order valence-corrected chi connectivity index (χ4v) is 2.45. The molecule has 1 atom stereocenters. The second-order valence-electron chi connectivity index (χ2n) is 5.61. The van der Waals surface area contributed by atoms with Crippen LogP contribution in [-0.2, 0) is 9.53 Å². The molecular weight excluding hydrogens is 360 g/mol. The predicted molar refractivity (Wildman–Crippen MR) is 95.5 cm³/mol. The van der Waals surface area contributed by atoms with Crippen LogP contribution in [0.4, 0.5) is 5.69 Å². The number of hydrogen-bond donors (Lipinski definition) is 2. The predicted octanol–water partition coefficient (Wildman–Crippen LogP) is 2.04. The Balaban J connectivity index is 1.43. The molecule has 1 heterocycles. The van der Waals surface area contributed by atoms with Gasteiger partial charge in [0.05, 0.1) is 22.8 Å². The van der Waals surface area contributed by atoms with Crippen molar-refractivity contribution < 1.29 is 23.8 Å². The van der Waals surface area contributed by atoms with Gasteiger partial charge in [0.15, 0.2) is 18.1 Å². The number of nitrogens with two attached hydrogens (primary N) is 1. The Hall–Kier alpha value is -2.93. The van der Waals surface area contributed by atoms with Gasteiger partial charge >= 0.3 is 5.97 Å². The van der Waals surface area contributed by atoms with Gasteiger partial charge in [-0.2, -0.15) is 0 Å². The molecule has 0 spiro atoms. The molecule has 0 saturated carbocycles. The number of carbonyl (C=O) groups is 2. The van der Waals surface area contributed by atoms with E-state index >= 15 is 0 Å². The summed E-state index contributed by atoms with van der Waals surface area (Å²) >= 11 is 5.80. The minimum Gasteiger partial charge on any atom is -0.486 e. The third kappa shape index (κ3) is 4.37. The Morgan fingerprint density at radius 3 is 2.77 bits per heavy atom. The van der Waals surface area contributed by atoms with Crippen molar-refractivity contribution in [3.05, 3.63) is 53.1 Å². The number of para-hydroxylation sites is 2. The second kappa shape index (κ2) is 7.97. The lowest BCUT2D eigenvalue weighted by Crippen LogP contribution is -2.42. The summed E-state index contributed by atoms with van der Waals surface area (Å²) in [5.41, 5.74) is 6.12. The first-order valence-electron chi connectivity index (χ1n) is 7.90. The van der Waals surface area contributed by atoms with E-state index in [0.29, 0.717) is 23.1 Å². The van der Waals surface area contributed by atoms with Gasteiger partial charge in [-0.1, -0.05) is 23.7 Å². The monoisotopic (exact) mass is 376 g/mol. The number of rotatable bonds is 5. The third-order valence-corrected chi connectivity index (χ3v) is 4.00. The Kier molecular flexibility index (Phi) is 5.48. The molecular formula is C18H17ClN2O5. The SMILES string of the molecule is Nc1cc(C(=O)OCC(=O)NC[C@H]2COc3ccccc3O2)ccc1Cl. The van der Waals surface area contributed by atoms with Crippen LogP contribution in [-0.4, -0.2) is 37.7 Å². The van der Waals surface area contributed by atoms with Crippen molar-refractivity contribution in [3.8, 4) is 11.5 Å². The summed E-state index contributed by atoms with van der Waals surface area (Å²) in [7, 11) is 0. The van der Waals surface area contributed by atoms with Gasteiger partial charge in [0.25, 0.3) is 5.91 Å². The largest absolute Gasteiger partial charge is 0.486 e. The summed E-state index contributed by atoms with van der Waals surface area (Å²) in [6.07, 6.45) is -0.319. The molecule has 0 unspecified atom stereocenters. The van der Waals surface area contributed by atoms with E-state index in [1.54, 1.807) is 6.07 Å². The molecule has 136 valence electrons. The van der Waals surface area contributed by atoms with Crippen LogP contribution < -0.4 is 20.5 Å². The molecule has 0 saturated heterocycles. The lowest BCUT2D eigenvalue weighted by Gasteiger charge is -2.26. The summed E-state index contributed by atoms with van der Waals surface area (Å²) in [5, 5.41) is 2.99. The van der Waals surface area contributed by atoms with Gasteiger partial charge < -0.3 is 25.3 Å². The smallest absolute Gasteiger partial charge is 0.338 e. The number of carbonyl (C=O) groups excluding carboxylic acids is 2. The van der Waals surface area contributed by atoms with Gasteiger partial charge in [0.1, 0.15) is 12.7 Å². The van der Waals surface area contributed by atoms with E-state index < -0.39 is 18.5 Å². The van der Waals surface area contributed by atoms with Gasteiger partial charge in [0, 0.05) is 0 Å². The minimum absolute atomic E-state index is 0.223. The average molecular weight is 377 g/mol. The van der Waals surface area contributed by atoms with Gasteiger partial charge in [-0.25, -0.2) is 4.79 Å². The van der Waals surface area contributed by atoms with E-state index in [1.807, 2.05) is 18.2 Å². The highest BCUT2D eigenvalue weighted by Gasteiger charge is 2.21. The van der Waals surface area contributed by atoms with Crippen LogP contribution in [0, 0.1) is 0 Å². The zero-order valence-electron chi connectivity index (χ0n) is 13.7. The van der Waals surface area contributed by atoms with Crippen molar-refractivity contribution in [1.82, 2.24) is 5.32 Å². The molecule has 1 amide bonds. The zero-order chi connectivity index (χ0) is 18.5. The molecule has 1 aliphatic rings. The van der Waals surface area contributed by atoms with Crippen molar-refractivity contribution in [2.75, 3.05) is 25.5 Å². The van der Waals surface area contributed by atoms with E-state index in [4.69, 9.17) is 31.5 Å². The minimum atomic E-state index is -0.658. The standard InChI is InChI=1S/C18H17ClN2O5/c19-13-6-5-11(7-14(13)20)18(23)25-10-17(22)21-8-12-9-24-15-3-1-2-4-16(15)26-12/h1-7,12H,8-10,20H2,(H,21,22)/t12-/m0/s1. The maximum absolute atomic E-state index is 11.9. The van der Waals surface area contributed by atoms with E-state index in [2.05, 4.69) is 5.32 Å². The Bertz CT molecular complexity index is 827. The van der Waals surface area contributed by atoms with E-state index in [9.17, 15) is 9.59 Å². The van der Waals surface area contributed by atoms with E-state index in [1.165, 1.54) is 18.2 Å². The first kappa shape index (κ1) is 17.9. The lowest BCUT2D eigenvalue weighted by molar-refractivity contribution is -0.124. The average Bonchev–Trinajstić information content (AvgIpc) is 2.66. The number of nitrogens with one attached hydrogen (secondary N) is 1. The van der Waals surface area contributed by atoms with Crippen LogP contribution in [0.25, 0.3) is 0 Å². The number of ether oxygens (including phenoxy) is 3. The first-order valence-corrected chi connectivity index (χ1v) is 8.28. The summed E-state index contributed by atoms with van der Waals surface area (Å²) in [4.78, 5) is 23.8. The van der Waals surface area contributed by atoms with E-state index in [-0.39, 0.29) is 23.9 Å². The molecule has 26 heavy (non-hydrogen) atoms. The normalized spacial score (nSPS) is 15.2. The third-order valence-electron chi connectivity index (χ3n) is 3.66. The number of halogens is 1.